The van der Waals surface area contributed by atoms with E-state index in [2.05, 4.69) is 0 Å². The average molecular weight is 290 g/mol. The fourth-order valence-corrected chi connectivity index (χ4v) is 4.60. The normalized spacial score (nSPS) is 20.7. The molecule has 2 rings (SSSR count). The number of hydrogen-bond donors (Lipinski definition) is 1. The molecule has 0 amide bonds. The molecule has 1 aliphatic rings. The van der Waals surface area contributed by atoms with Gasteiger partial charge in [-0.1, -0.05) is 0 Å². The van der Waals surface area contributed by atoms with Gasteiger partial charge in [0.15, 0.2) is 9.84 Å². The highest BCUT2D eigenvalue weighted by Gasteiger charge is 2.30. The van der Waals surface area contributed by atoms with E-state index >= 15 is 0 Å². The lowest BCUT2D eigenvalue weighted by Gasteiger charge is -2.25. The van der Waals surface area contributed by atoms with Gasteiger partial charge in [0.25, 0.3) is 0 Å². The van der Waals surface area contributed by atoms with Crippen LogP contribution in [0, 0.1) is 0 Å². The molecular weight excluding hydrogens is 276 g/mol. The second kappa shape index (κ2) is 4.52. The first kappa shape index (κ1) is 13.3. The summed E-state index contributed by atoms with van der Waals surface area (Å²) < 4.78 is 48.1. The van der Waals surface area contributed by atoms with E-state index in [1.807, 2.05) is 0 Å². The van der Waals surface area contributed by atoms with Crippen LogP contribution in [0.2, 0.25) is 0 Å². The topological polar surface area (TPSA) is 97.5 Å². The molecule has 1 heterocycles. The summed E-state index contributed by atoms with van der Waals surface area (Å²) in [6.07, 6.45) is 0. The van der Waals surface area contributed by atoms with Crippen molar-refractivity contribution in [1.82, 2.24) is 4.31 Å². The number of nitrogen functional groups attached to an aromatic ring is 1. The second-order valence-electron chi connectivity index (χ2n) is 4.12. The molecule has 100 valence electrons. The summed E-state index contributed by atoms with van der Waals surface area (Å²) in [4.78, 5) is 0.135. The smallest absolute Gasteiger partial charge is 0.243 e. The number of hydrogen-bond acceptors (Lipinski definition) is 5. The molecular formula is C10H14N2O4S2. The summed E-state index contributed by atoms with van der Waals surface area (Å²) in [6, 6.07) is 5.86. The molecule has 18 heavy (non-hydrogen) atoms. The molecule has 8 heteroatoms. The van der Waals surface area contributed by atoms with Gasteiger partial charge in [0, 0.05) is 18.8 Å². The molecule has 6 nitrogen and oxygen atoms in total. The highest BCUT2D eigenvalue weighted by Crippen LogP contribution is 2.19. The molecule has 1 aliphatic heterocycles. The van der Waals surface area contributed by atoms with Gasteiger partial charge < -0.3 is 5.73 Å². The van der Waals surface area contributed by atoms with Gasteiger partial charge in [-0.25, -0.2) is 16.8 Å². The summed E-state index contributed by atoms with van der Waals surface area (Å²) in [6.45, 7) is 0.0179. The van der Waals surface area contributed by atoms with Gasteiger partial charge in [-0.15, -0.1) is 0 Å². The molecule has 1 aromatic rings. The summed E-state index contributed by atoms with van der Waals surface area (Å²) >= 11 is 0. The van der Waals surface area contributed by atoms with Crippen LogP contribution in [0.3, 0.4) is 0 Å². The van der Waals surface area contributed by atoms with Crippen LogP contribution in [0.4, 0.5) is 5.69 Å². The molecule has 1 aromatic carbocycles. The molecule has 0 spiro atoms. The molecule has 0 unspecified atom stereocenters. The minimum Gasteiger partial charge on any atom is -0.399 e. The van der Waals surface area contributed by atoms with E-state index in [4.69, 9.17) is 5.73 Å². The quantitative estimate of drug-likeness (QED) is 0.753. The Labute approximate surface area is 106 Å². The van der Waals surface area contributed by atoms with Crippen molar-refractivity contribution in [3.8, 4) is 0 Å². The number of benzene rings is 1. The Kier molecular flexibility index (Phi) is 3.35. The number of nitrogens with two attached hydrogens (primary N) is 1. The molecule has 2 N–H and O–H groups in total. The van der Waals surface area contributed by atoms with E-state index in [9.17, 15) is 16.8 Å². The van der Waals surface area contributed by atoms with Crippen LogP contribution in [-0.4, -0.2) is 45.7 Å². The molecule has 0 aromatic heterocycles. The molecule has 0 radical (unpaired) electrons. The zero-order valence-corrected chi connectivity index (χ0v) is 11.2. The largest absolute Gasteiger partial charge is 0.399 e. The maximum absolute atomic E-state index is 12.2. The lowest BCUT2D eigenvalue weighted by molar-refractivity contribution is 0.431. The summed E-state index contributed by atoms with van der Waals surface area (Å²) in [5.41, 5.74) is 5.98. The van der Waals surface area contributed by atoms with E-state index in [-0.39, 0.29) is 29.5 Å². The van der Waals surface area contributed by atoms with Crippen LogP contribution in [0.15, 0.2) is 29.2 Å². The van der Waals surface area contributed by atoms with E-state index in [0.29, 0.717) is 5.69 Å². The number of nitrogens with zero attached hydrogens (tertiary/aromatic N) is 1. The molecule has 0 bridgehead atoms. The Hall–Kier alpha value is -1.12. The fraction of sp³-hybridized carbons (Fsp3) is 0.400. The minimum atomic E-state index is -3.62. The van der Waals surface area contributed by atoms with Gasteiger partial charge in [-0.05, 0) is 24.3 Å². The van der Waals surface area contributed by atoms with Crippen LogP contribution < -0.4 is 5.73 Å². The monoisotopic (exact) mass is 290 g/mol. The van der Waals surface area contributed by atoms with E-state index in [1.54, 1.807) is 0 Å². The third kappa shape index (κ3) is 2.65. The van der Waals surface area contributed by atoms with Gasteiger partial charge in [0.05, 0.1) is 16.4 Å². The summed E-state index contributed by atoms with van der Waals surface area (Å²) in [5.74, 6) is -0.248. The van der Waals surface area contributed by atoms with E-state index in [0.717, 1.165) is 0 Å². The first-order valence-corrected chi connectivity index (χ1v) is 8.63. The van der Waals surface area contributed by atoms with Crippen molar-refractivity contribution in [2.45, 2.75) is 4.90 Å². The molecule has 0 aliphatic carbocycles. The third-order valence-electron chi connectivity index (χ3n) is 2.82. The van der Waals surface area contributed by atoms with Gasteiger partial charge >= 0.3 is 0 Å². The highest BCUT2D eigenvalue weighted by molar-refractivity contribution is 7.92. The zero-order valence-electron chi connectivity index (χ0n) is 9.61. The Morgan fingerprint density at radius 3 is 2.06 bits per heavy atom. The van der Waals surface area contributed by atoms with Crippen molar-refractivity contribution in [2.24, 2.45) is 0 Å². The SMILES string of the molecule is Nc1ccc(S(=O)(=O)N2CCS(=O)(=O)CC2)cc1. The summed E-state index contributed by atoms with van der Waals surface area (Å²) in [7, 11) is -6.71. The number of sulfone groups is 1. The maximum atomic E-state index is 12.2. The van der Waals surface area contributed by atoms with Crippen LogP contribution in [0.1, 0.15) is 0 Å². The van der Waals surface area contributed by atoms with Crippen molar-refractivity contribution in [3.05, 3.63) is 24.3 Å². The van der Waals surface area contributed by atoms with Crippen LogP contribution in [0.5, 0.6) is 0 Å². The van der Waals surface area contributed by atoms with E-state index < -0.39 is 19.9 Å². The highest BCUT2D eigenvalue weighted by atomic mass is 32.2. The van der Waals surface area contributed by atoms with Crippen molar-refractivity contribution in [2.75, 3.05) is 30.3 Å². The average Bonchev–Trinajstić information content (AvgIpc) is 2.29. The predicted molar refractivity (Wildman–Crippen MR) is 68.3 cm³/mol. The number of sulfonamides is 1. The van der Waals surface area contributed by atoms with Crippen LogP contribution in [0.25, 0.3) is 0 Å². The lowest BCUT2D eigenvalue weighted by atomic mass is 10.3. The number of rotatable bonds is 2. The maximum Gasteiger partial charge on any atom is 0.243 e. The minimum absolute atomic E-state index is 0.00897. The standard InChI is InChI=1S/C10H14N2O4S2/c11-9-1-3-10(4-2-9)18(15,16)12-5-7-17(13,14)8-6-12/h1-4H,5-8,11H2. The molecule has 1 fully saturated rings. The summed E-state index contributed by atoms with van der Waals surface area (Å²) in [5, 5.41) is 0. The zero-order chi connectivity index (χ0) is 13.4. The Morgan fingerprint density at radius 1 is 1.06 bits per heavy atom. The second-order valence-corrected chi connectivity index (χ2v) is 8.37. The van der Waals surface area contributed by atoms with Gasteiger partial charge in [0.2, 0.25) is 10.0 Å². The van der Waals surface area contributed by atoms with Gasteiger partial charge in [-0.3, -0.25) is 0 Å². The van der Waals surface area contributed by atoms with Crippen molar-refractivity contribution >= 4 is 25.5 Å². The Balaban J connectivity index is 2.25. The molecule has 0 atom stereocenters. The molecule has 0 saturated carbocycles. The van der Waals surface area contributed by atoms with Crippen LogP contribution in [-0.2, 0) is 19.9 Å². The van der Waals surface area contributed by atoms with Gasteiger partial charge in [-0.2, -0.15) is 4.31 Å². The Morgan fingerprint density at radius 2 is 1.56 bits per heavy atom. The Bertz CT molecular complexity index is 621. The first-order valence-electron chi connectivity index (χ1n) is 5.37. The van der Waals surface area contributed by atoms with Crippen molar-refractivity contribution < 1.29 is 16.8 Å². The number of anilines is 1. The lowest BCUT2D eigenvalue weighted by Crippen LogP contribution is -2.43. The van der Waals surface area contributed by atoms with Gasteiger partial charge in [0.1, 0.15) is 0 Å². The van der Waals surface area contributed by atoms with Crippen molar-refractivity contribution in [1.29, 1.82) is 0 Å². The molecule has 1 saturated heterocycles. The fourth-order valence-electron chi connectivity index (χ4n) is 1.72. The van der Waals surface area contributed by atoms with E-state index in [1.165, 1.54) is 28.6 Å². The third-order valence-corrected chi connectivity index (χ3v) is 6.34. The first-order chi connectivity index (χ1) is 8.31. The van der Waals surface area contributed by atoms with Crippen molar-refractivity contribution in [3.63, 3.8) is 0 Å². The van der Waals surface area contributed by atoms with Crippen LogP contribution >= 0.6 is 0 Å². The predicted octanol–water partition coefficient (Wildman–Crippen LogP) is -0.312.